The number of aliphatic hydroxyl groups excluding tert-OH is 2. The molecule has 0 rings (SSSR count). The normalized spacial score (nSPS) is 16.2. The van der Waals surface area contributed by atoms with Gasteiger partial charge in [-0.05, 0) is 11.8 Å². The topological polar surface area (TPSA) is 40.5 Å². The summed E-state index contributed by atoms with van der Waals surface area (Å²) in [6.07, 6.45) is -0.676. The third-order valence-corrected chi connectivity index (χ3v) is 1.59. The van der Waals surface area contributed by atoms with E-state index >= 15 is 0 Å². The van der Waals surface area contributed by atoms with E-state index < -0.39 is 12.2 Å². The van der Waals surface area contributed by atoms with Crippen molar-refractivity contribution < 1.29 is 10.2 Å². The monoisotopic (exact) mass is 170 g/mol. The van der Waals surface area contributed by atoms with Crippen LogP contribution in [0.5, 0.6) is 0 Å². The van der Waals surface area contributed by atoms with E-state index in [2.05, 4.69) is 11.8 Å². The van der Waals surface area contributed by atoms with Gasteiger partial charge in [-0.25, -0.2) is 0 Å². The predicted octanol–water partition coefficient (Wildman–Crippen LogP) is 1.17. The zero-order valence-electron chi connectivity index (χ0n) is 8.26. The fourth-order valence-electron chi connectivity index (χ4n) is 0.494. The smallest absolute Gasteiger partial charge is 0.119 e. The fraction of sp³-hybridized carbons (Fsp3) is 0.800. The minimum Gasteiger partial charge on any atom is -0.380 e. The summed E-state index contributed by atoms with van der Waals surface area (Å²) in [5.74, 6) is 5.22. The largest absolute Gasteiger partial charge is 0.380 e. The second kappa shape index (κ2) is 4.49. The van der Waals surface area contributed by atoms with Gasteiger partial charge in [0.1, 0.15) is 12.2 Å². The Morgan fingerprint density at radius 3 is 2.00 bits per heavy atom. The molecule has 2 unspecified atom stereocenters. The Bertz CT molecular complexity index is 180. The number of rotatable bonds is 1. The molecule has 2 atom stereocenters. The molecule has 0 aromatic heterocycles. The molecule has 12 heavy (non-hydrogen) atoms. The van der Waals surface area contributed by atoms with Crippen LogP contribution in [0.25, 0.3) is 0 Å². The molecule has 70 valence electrons. The van der Waals surface area contributed by atoms with Gasteiger partial charge in [-0.15, -0.1) is 0 Å². The van der Waals surface area contributed by atoms with Gasteiger partial charge in [0.15, 0.2) is 0 Å². The summed E-state index contributed by atoms with van der Waals surface area (Å²) in [5, 5.41) is 18.5. The van der Waals surface area contributed by atoms with Crippen molar-refractivity contribution in [2.24, 2.45) is 5.41 Å². The summed E-state index contributed by atoms with van der Waals surface area (Å²) < 4.78 is 0. The number of hydrogen-bond acceptors (Lipinski definition) is 2. The first kappa shape index (κ1) is 11.5. The number of hydrogen-bond donors (Lipinski definition) is 2. The van der Waals surface area contributed by atoms with Gasteiger partial charge in [0, 0.05) is 0 Å². The molecule has 2 N–H and O–H groups in total. The Kier molecular flexibility index (Phi) is 4.30. The van der Waals surface area contributed by atoms with Crippen LogP contribution in [0.2, 0.25) is 0 Å². The van der Waals surface area contributed by atoms with Gasteiger partial charge in [-0.2, -0.15) is 0 Å². The summed E-state index contributed by atoms with van der Waals surface area (Å²) in [6.45, 7) is 7.57. The first-order chi connectivity index (χ1) is 5.38. The lowest BCUT2D eigenvalue weighted by Gasteiger charge is -2.20. The average molecular weight is 170 g/mol. The molecule has 0 amide bonds. The van der Waals surface area contributed by atoms with Gasteiger partial charge in [-0.3, -0.25) is 0 Å². The third-order valence-electron chi connectivity index (χ3n) is 1.59. The van der Waals surface area contributed by atoms with E-state index in [9.17, 15) is 5.11 Å². The molecule has 0 aromatic rings. The highest BCUT2D eigenvalue weighted by Gasteiger charge is 2.19. The zero-order valence-corrected chi connectivity index (χ0v) is 8.26. The fourth-order valence-corrected chi connectivity index (χ4v) is 0.494. The summed E-state index contributed by atoms with van der Waals surface area (Å²) >= 11 is 0. The van der Waals surface area contributed by atoms with Gasteiger partial charge in [0.2, 0.25) is 0 Å². The lowest BCUT2D eigenvalue weighted by Crippen LogP contribution is -2.24. The van der Waals surface area contributed by atoms with E-state index in [4.69, 9.17) is 5.11 Å². The van der Waals surface area contributed by atoms with Crippen molar-refractivity contribution >= 4 is 0 Å². The molecule has 0 fully saturated rings. The summed E-state index contributed by atoms with van der Waals surface area (Å²) in [7, 11) is 0. The van der Waals surface area contributed by atoms with E-state index in [1.165, 1.54) is 0 Å². The first-order valence-electron chi connectivity index (χ1n) is 4.25. The molecule has 0 aromatic carbocycles. The molecular weight excluding hydrogens is 152 g/mol. The van der Waals surface area contributed by atoms with Crippen molar-refractivity contribution in [3.8, 4) is 11.8 Å². The van der Waals surface area contributed by atoms with E-state index in [-0.39, 0.29) is 5.41 Å². The molecule has 0 saturated heterocycles. The van der Waals surface area contributed by atoms with Crippen molar-refractivity contribution in [1.29, 1.82) is 0 Å². The van der Waals surface area contributed by atoms with Crippen LogP contribution in [0.1, 0.15) is 34.1 Å². The third kappa shape index (κ3) is 4.38. The average Bonchev–Trinajstić information content (AvgIpc) is 1.97. The molecule has 0 aliphatic rings. The highest BCUT2D eigenvalue weighted by Crippen LogP contribution is 2.17. The first-order valence-corrected chi connectivity index (χ1v) is 4.25. The minimum absolute atomic E-state index is 0.236. The van der Waals surface area contributed by atoms with Crippen molar-refractivity contribution in [2.75, 3.05) is 0 Å². The van der Waals surface area contributed by atoms with Crippen LogP contribution < -0.4 is 0 Å². The lowest BCUT2D eigenvalue weighted by molar-refractivity contribution is 0.113. The highest BCUT2D eigenvalue weighted by atomic mass is 16.3. The Labute approximate surface area is 74.6 Å². The van der Waals surface area contributed by atoms with E-state index in [1.54, 1.807) is 0 Å². The van der Waals surface area contributed by atoms with E-state index in [0.717, 1.165) is 0 Å². The van der Waals surface area contributed by atoms with Crippen LogP contribution in [-0.2, 0) is 0 Å². The van der Waals surface area contributed by atoms with Crippen molar-refractivity contribution in [3.63, 3.8) is 0 Å². The van der Waals surface area contributed by atoms with Gasteiger partial charge >= 0.3 is 0 Å². The zero-order chi connectivity index (χ0) is 9.78. The lowest BCUT2D eigenvalue weighted by atomic mass is 9.89. The Morgan fingerprint density at radius 1 is 1.17 bits per heavy atom. The van der Waals surface area contributed by atoms with Crippen molar-refractivity contribution in [1.82, 2.24) is 0 Å². The van der Waals surface area contributed by atoms with Crippen LogP contribution in [0.15, 0.2) is 0 Å². The van der Waals surface area contributed by atoms with Gasteiger partial charge in [0.05, 0.1) is 0 Å². The Balaban J connectivity index is 4.13. The molecule has 0 aliphatic carbocycles. The van der Waals surface area contributed by atoms with Crippen LogP contribution in [0, 0.1) is 17.3 Å². The molecule has 0 bridgehead atoms. The molecule has 2 nitrogen and oxygen atoms in total. The molecular formula is C10H18O2. The van der Waals surface area contributed by atoms with Gasteiger partial charge < -0.3 is 10.2 Å². The van der Waals surface area contributed by atoms with Gasteiger partial charge in [0.25, 0.3) is 0 Å². The maximum absolute atomic E-state index is 9.45. The molecule has 2 heteroatoms. The maximum atomic E-state index is 9.45. The predicted molar refractivity (Wildman–Crippen MR) is 49.5 cm³/mol. The highest BCUT2D eigenvalue weighted by molar-refractivity contribution is 5.11. The van der Waals surface area contributed by atoms with Crippen LogP contribution in [0.3, 0.4) is 0 Å². The van der Waals surface area contributed by atoms with Crippen molar-refractivity contribution in [3.05, 3.63) is 0 Å². The summed E-state index contributed by atoms with van der Waals surface area (Å²) in [4.78, 5) is 0. The maximum Gasteiger partial charge on any atom is 0.119 e. The molecule has 0 spiro atoms. The van der Waals surface area contributed by atoms with E-state index in [0.29, 0.717) is 6.42 Å². The SMILES string of the molecule is CCC(O)C#CC(O)C(C)(C)C. The minimum atomic E-state index is -0.668. The van der Waals surface area contributed by atoms with Crippen LogP contribution in [-0.4, -0.2) is 22.4 Å². The quantitative estimate of drug-likeness (QED) is 0.580. The molecule has 0 heterocycles. The summed E-state index contributed by atoms with van der Waals surface area (Å²) in [5.41, 5.74) is -0.236. The Morgan fingerprint density at radius 2 is 1.67 bits per heavy atom. The van der Waals surface area contributed by atoms with E-state index in [1.807, 2.05) is 27.7 Å². The molecule has 0 radical (unpaired) electrons. The van der Waals surface area contributed by atoms with Crippen LogP contribution in [0.4, 0.5) is 0 Å². The number of aliphatic hydroxyl groups is 2. The van der Waals surface area contributed by atoms with Crippen LogP contribution >= 0.6 is 0 Å². The van der Waals surface area contributed by atoms with Crippen molar-refractivity contribution in [2.45, 2.75) is 46.3 Å². The second-order valence-electron chi connectivity index (χ2n) is 3.98. The second-order valence-corrected chi connectivity index (χ2v) is 3.98. The molecule has 0 aliphatic heterocycles. The molecule has 0 saturated carbocycles. The van der Waals surface area contributed by atoms with Gasteiger partial charge in [-0.1, -0.05) is 39.5 Å². The standard InChI is InChI=1S/C10H18O2/c1-5-8(11)6-7-9(12)10(2,3)4/h8-9,11-12H,5H2,1-4H3. The Hall–Kier alpha value is -0.520. The summed E-state index contributed by atoms with van der Waals surface area (Å²) in [6, 6.07) is 0.